The van der Waals surface area contributed by atoms with E-state index < -0.39 is 29.6 Å². The van der Waals surface area contributed by atoms with Gasteiger partial charge in [0.15, 0.2) is 0 Å². The van der Waals surface area contributed by atoms with Gasteiger partial charge in [-0.3, -0.25) is 4.98 Å². The van der Waals surface area contributed by atoms with Gasteiger partial charge >= 0.3 is 12.2 Å². The summed E-state index contributed by atoms with van der Waals surface area (Å²) in [5.74, 6) is -0.446. The Labute approximate surface area is 176 Å². The lowest BCUT2D eigenvalue weighted by atomic mass is 9.86. The molecule has 0 spiro atoms. The number of urea groups is 1. The van der Waals surface area contributed by atoms with Gasteiger partial charge in [0.2, 0.25) is 0 Å². The topological polar surface area (TPSA) is 45.2 Å². The van der Waals surface area contributed by atoms with Crippen molar-refractivity contribution in [2.75, 3.05) is 11.9 Å². The van der Waals surface area contributed by atoms with Gasteiger partial charge in [-0.25, -0.2) is 9.18 Å². The van der Waals surface area contributed by atoms with E-state index in [0.29, 0.717) is 23.5 Å². The van der Waals surface area contributed by atoms with Crippen molar-refractivity contribution in [2.24, 2.45) is 0 Å². The number of benzene rings is 2. The van der Waals surface area contributed by atoms with Crippen molar-refractivity contribution < 1.29 is 22.4 Å². The fourth-order valence-electron chi connectivity index (χ4n) is 3.84. The molecule has 0 saturated heterocycles. The Balaban J connectivity index is 1.72. The monoisotopic (exact) mass is 429 g/mol. The molecule has 3 aromatic rings. The normalized spacial score (nSPS) is 18.4. The molecule has 1 N–H and O–H groups in total. The van der Waals surface area contributed by atoms with Crippen LogP contribution in [0, 0.1) is 5.82 Å². The highest BCUT2D eigenvalue weighted by Gasteiger charge is 2.37. The van der Waals surface area contributed by atoms with E-state index in [1.54, 1.807) is 17.2 Å². The molecular formula is C23H19F4N3O. The number of nitrogens with zero attached hydrogens (tertiary/aromatic N) is 2. The number of hydrogen-bond acceptors (Lipinski definition) is 2. The van der Waals surface area contributed by atoms with E-state index in [1.165, 1.54) is 36.4 Å². The van der Waals surface area contributed by atoms with Gasteiger partial charge in [0.05, 0.1) is 11.3 Å². The zero-order chi connectivity index (χ0) is 22.2. The van der Waals surface area contributed by atoms with Gasteiger partial charge in [0, 0.05) is 24.3 Å². The van der Waals surface area contributed by atoms with Crippen molar-refractivity contribution in [3.8, 4) is 0 Å². The number of nitrogens with one attached hydrogen (secondary N) is 1. The van der Waals surface area contributed by atoms with Crippen molar-refractivity contribution >= 4 is 11.7 Å². The molecule has 0 saturated carbocycles. The Kier molecular flexibility index (Phi) is 5.39. The van der Waals surface area contributed by atoms with Crippen molar-refractivity contribution in [2.45, 2.75) is 25.1 Å². The summed E-state index contributed by atoms with van der Waals surface area (Å²) in [6, 6.07) is 12.7. The van der Waals surface area contributed by atoms with Crippen LogP contribution in [0.2, 0.25) is 0 Å². The molecular weight excluding hydrogens is 410 g/mol. The minimum absolute atomic E-state index is 0.0200. The van der Waals surface area contributed by atoms with E-state index >= 15 is 0 Å². The predicted molar refractivity (Wildman–Crippen MR) is 108 cm³/mol. The highest BCUT2D eigenvalue weighted by Crippen LogP contribution is 2.39. The summed E-state index contributed by atoms with van der Waals surface area (Å²) in [5, 5.41) is 2.74. The number of fused-ring (bicyclic) bond motifs is 1. The molecule has 2 aromatic carbocycles. The van der Waals surface area contributed by atoms with Gasteiger partial charge in [-0.05, 0) is 53.6 Å². The van der Waals surface area contributed by atoms with Gasteiger partial charge in [0.25, 0.3) is 0 Å². The molecule has 160 valence electrons. The number of rotatable bonds is 2. The fraction of sp³-hybridized carbons (Fsp3) is 0.217. The third-order valence-electron chi connectivity index (χ3n) is 5.35. The molecule has 0 bridgehead atoms. The molecule has 2 atom stereocenters. The third kappa shape index (κ3) is 4.23. The number of amides is 2. The molecule has 31 heavy (non-hydrogen) atoms. The number of pyridine rings is 1. The average molecular weight is 429 g/mol. The number of anilines is 1. The summed E-state index contributed by atoms with van der Waals surface area (Å²) >= 11 is 0. The van der Waals surface area contributed by atoms with Gasteiger partial charge < -0.3 is 10.2 Å². The summed E-state index contributed by atoms with van der Waals surface area (Å²) in [7, 11) is 0. The Bertz CT molecular complexity index is 1080. The maximum absolute atomic E-state index is 13.2. The minimum Gasteiger partial charge on any atom is -0.311 e. The van der Waals surface area contributed by atoms with Gasteiger partial charge in [0.1, 0.15) is 11.9 Å². The lowest BCUT2D eigenvalue weighted by Gasteiger charge is -2.39. The number of carbonyl (C=O) groups excluding carboxylic acids is 1. The zero-order valence-electron chi connectivity index (χ0n) is 16.5. The van der Waals surface area contributed by atoms with Gasteiger partial charge in [-0.15, -0.1) is 0 Å². The first-order valence-corrected chi connectivity index (χ1v) is 9.69. The predicted octanol–water partition coefficient (Wildman–Crippen LogP) is 5.98. The standard InChI is InChI=1S/C23H19F4N3O/c1-14-13-30(22(31)29-18-10-8-17(24)9-11-18)21(20-19(14)3-2-12-28-20)15-4-6-16(7-5-15)23(25,26)27/h2-12,14,21H,13H2,1H3,(H,29,31)/t14-,21-/m0/s1. The Morgan fingerprint density at radius 2 is 1.74 bits per heavy atom. The smallest absolute Gasteiger partial charge is 0.311 e. The lowest BCUT2D eigenvalue weighted by molar-refractivity contribution is -0.137. The largest absolute Gasteiger partial charge is 0.416 e. The first kappa shape index (κ1) is 20.8. The van der Waals surface area contributed by atoms with Crippen LogP contribution in [0.1, 0.15) is 41.3 Å². The van der Waals surface area contributed by atoms with Crippen LogP contribution in [0.15, 0.2) is 66.9 Å². The van der Waals surface area contributed by atoms with Crippen LogP contribution in [-0.2, 0) is 6.18 Å². The number of hydrogen-bond donors (Lipinski definition) is 1. The van der Waals surface area contributed by atoms with Gasteiger partial charge in [-0.1, -0.05) is 25.1 Å². The molecule has 2 heterocycles. The maximum Gasteiger partial charge on any atom is 0.416 e. The number of alkyl halides is 3. The average Bonchev–Trinajstić information content (AvgIpc) is 2.75. The van der Waals surface area contributed by atoms with Crippen LogP contribution in [0.5, 0.6) is 0 Å². The van der Waals surface area contributed by atoms with E-state index in [9.17, 15) is 22.4 Å². The molecule has 4 rings (SSSR count). The highest BCUT2D eigenvalue weighted by molar-refractivity contribution is 5.90. The molecule has 8 heteroatoms. The van der Waals surface area contributed by atoms with E-state index in [2.05, 4.69) is 10.3 Å². The molecule has 2 amide bonds. The lowest BCUT2D eigenvalue weighted by Crippen LogP contribution is -2.44. The van der Waals surface area contributed by atoms with Crippen LogP contribution in [0.25, 0.3) is 0 Å². The van der Waals surface area contributed by atoms with Crippen LogP contribution >= 0.6 is 0 Å². The van der Waals surface area contributed by atoms with Crippen molar-refractivity contribution in [3.05, 3.63) is 95.1 Å². The molecule has 1 aliphatic heterocycles. The Morgan fingerprint density at radius 1 is 1.06 bits per heavy atom. The van der Waals surface area contributed by atoms with E-state index in [-0.39, 0.29) is 5.92 Å². The second-order valence-electron chi connectivity index (χ2n) is 7.49. The van der Waals surface area contributed by atoms with E-state index in [4.69, 9.17) is 0 Å². The summed E-state index contributed by atoms with van der Waals surface area (Å²) in [4.78, 5) is 19.1. The number of carbonyl (C=O) groups is 1. The van der Waals surface area contributed by atoms with Crippen LogP contribution in [0.3, 0.4) is 0 Å². The van der Waals surface area contributed by atoms with E-state index in [0.717, 1.165) is 17.7 Å². The summed E-state index contributed by atoms with van der Waals surface area (Å²) in [6.07, 6.45) is -2.85. The second-order valence-corrected chi connectivity index (χ2v) is 7.49. The highest BCUT2D eigenvalue weighted by atomic mass is 19.4. The van der Waals surface area contributed by atoms with E-state index in [1.807, 2.05) is 13.0 Å². The van der Waals surface area contributed by atoms with Crippen LogP contribution in [-0.4, -0.2) is 22.5 Å². The third-order valence-corrected chi connectivity index (χ3v) is 5.35. The first-order chi connectivity index (χ1) is 14.7. The van der Waals surface area contributed by atoms with Crippen molar-refractivity contribution in [1.82, 2.24) is 9.88 Å². The molecule has 1 aromatic heterocycles. The SMILES string of the molecule is C[C@H]1CN(C(=O)Nc2ccc(F)cc2)[C@@H](c2ccc(C(F)(F)F)cc2)c2ncccc21. The molecule has 1 aliphatic rings. The zero-order valence-corrected chi connectivity index (χ0v) is 16.5. The molecule has 0 unspecified atom stereocenters. The molecule has 0 fully saturated rings. The minimum atomic E-state index is -4.45. The molecule has 0 aliphatic carbocycles. The van der Waals surface area contributed by atoms with Crippen LogP contribution < -0.4 is 5.32 Å². The summed E-state index contributed by atoms with van der Waals surface area (Å²) in [5.41, 5.74) is 1.74. The van der Waals surface area contributed by atoms with Gasteiger partial charge in [-0.2, -0.15) is 13.2 Å². The molecule has 4 nitrogen and oxygen atoms in total. The fourth-order valence-corrected chi connectivity index (χ4v) is 3.84. The maximum atomic E-state index is 13.2. The number of halogens is 4. The molecule has 0 radical (unpaired) electrons. The van der Waals surface area contributed by atoms with Crippen molar-refractivity contribution in [3.63, 3.8) is 0 Å². The summed E-state index contributed by atoms with van der Waals surface area (Å²) < 4.78 is 52.2. The first-order valence-electron chi connectivity index (χ1n) is 9.69. The quantitative estimate of drug-likeness (QED) is 0.510. The number of aromatic nitrogens is 1. The van der Waals surface area contributed by atoms with Crippen LogP contribution in [0.4, 0.5) is 28.0 Å². The summed E-state index contributed by atoms with van der Waals surface area (Å²) in [6.45, 7) is 2.30. The second kappa shape index (κ2) is 8.02. The Morgan fingerprint density at radius 3 is 2.39 bits per heavy atom. The van der Waals surface area contributed by atoms with Crippen molar-refractivity contribution in [1.29, 1.82) is 0 Å². The Hall–Kier alpha value is -3.42.